The van der Waals surface area contributed by atoms with Gasteiger partial charge in [-0.05, 0) is 0 Å². The summed E-state index contributed by atoms with van der Waals surface area (Å²) in [4.78, 5) is 0. The van der Waals surface area contributed by atoms with E-state index in [1.165, 1.54) is 6.26 Å². The molecule has 52 valence electrons. The molecule has 1 N–H and O–H groups in total. The van der Waals surface area contributed by atoms with Gasteiger partial charge in [-0.25, -0.2) is 0 Å². The Bertz CT molecular complexity index is 92.2. The number of hydrogen-bond donors (Lipinski definition) is 1. The van der Waals surface area contributed by atoms with Gasteiger partial charge in [0.1, 0.15) is 6.61 Å². The zero-order valence-corrected chi connectivity index (χ0v) is 5.50. The Labute approximate surface area is 54.6 Å². The van der Waals surface area contributed by atoms with Crippen LogP contribution in [0.25, 0.3) is 0 Å². The highest BCUT2D eigenvalue weighted by molar-refractivity contribution is 4.48. The van der Waals surface area contributed by atoms with Crippen LogP contribution in [-0.2, 0) is 4.74 Å². The average molecular weight is 129 g/mol. The molecule has 0 fully saturated rings. The summed E-state index contributed by atoms with van der Waals surface area (Å²) in [5.74, 6) is 0. The molecule has 4 nitrogen and oxygen atoms in total. The Morgan fingerprint density at radius 2 is 2.56 bits per heavy atom. The largest absolute Gasteiger partial charge is 0.500 e. The molecule has 0 amide bonds. The Morgan fingerprint density at radius 1 is 1.78 bits per heavy atom. The van der Waals surface area contributed by atoms with Gasteiger partial charge in [-0.15, -0.1) is 0 Å². The van der Waals surface area contributed by atoms with Gasteiger partial charge >= 0.3 is 0 Å². The number of rotatable bonds is 5. The Kier molecular flexibility index (Phi) is 6.12. The lowest BCUT2D eigenvalue weighted by Crippen LogP contribution is -2.11. The van der Waals surface area contributed by atoms with E-state index in [0.29, 0.717) is 13.2 Å². The molecule has 0 aromatic carbocycles. The normalized spacial score (nSPS) is 9.44. The van der Waals surface area contributed by atoms with Crippen LogP contribution in [0.5, 0.6) is 0 Å². The van der Waals surface area contributed by atoms with Gasteiger partial charge in [0.2, 0.25) is 0 Å². The maximum atomic E-state index is 4.78. The van der Waals surface area contributed by atoms with Gasteiger partial charge in [0.25, 0.3) is 0 Å². The van der Waals surface area contributed by atoms with E-state index in [0.717, 1.165) is 0 Å². The minimum absolute atomic E-state index is 0.572. The lowest BCUT2D eigenvalue weighted by atomic mass is 10.7. The van der Waals surface area contributed by atoms with E-state index in [9.17, 15) is 0 Å². The van der Waals surface area contributed by atoms with Crippen LogP contribution in [0, 0.1) is 0 Å². The molecule has 9 heavy (non-hydrogen) atoms. The highest BCUT2D eigenvalue weighted by atomic mass is 16.5. The van der Waals surface area contributed by atoms with Crippen LogP contribution in [0.4, 0.5) is 0 Å². The topological polar surface area (TPSA) is 46.0 Å². The molecule has 4 heteroatoms. The number of nitrogens with one attached hydrogen (secondary N) is 1. The van der Waals surface area contributed by atoms with Gasteiger partial charge in [-0.3, -0.25) is 5.43 Å². The molecular weight excluding hydrogens is 118 g/mol. The van der Waals surface area contributed by atoms with Crippen molar-refractivity contribution in [2.75, 3.05) is 20.2 Å². The van der Waals surface area contributed by atoms with Crippen molar-refractivity contribution in [2.24, 2.45) is 10.3 Å². The van der Waals surface area contributed by atoms with Crippen molar-refractivity contribution in [3.8, 4) is 0 Å². The van der Waals surface area contributed by atoms with Gasteiger partial charge in [-0.2, -0.15) is 5.11 Å². The Morgan fingerprint density at radius 3 is 3.11 bits per heavy atom. The van der Waals surface area contributed by atoms with E-state index in [2.05, 4.69) is 22.3 Å². The Hall–Kier alpha value is -1.06. The molecule has 0 spiro atoms. The second-order valence-corrected chi connectivity index (χ2v) is 1.25. The Balaban J connectivity index is 2.82. The third kappa shape index (κ3) is 6.94. The average Bonchev–Trinajstić information content (AvgIpc) is 1.89. The first-order valence-corrected chi connectivity index (χ1v) is 2.66. The first-order chi connectivity index (χ1) is 4.41. The molecule has 0 aromatic heterocycles. The van der Waals surface area contributed by atoms with Gasteiger partial charge in [-0.1, -0.05) is 11.8 Å². The molecule has 0 heterocycles. The van der Waals surface area contributed by atoms with Crippen LogP contribution in [0.2, 0.25) is 0 Å². The summed E-state index contributed by atoms with van der Waals surface area (Å²) in [6, 6.07) is 0. The monoisotopic (exact) mass is 129 g/mol. The van der Waals surface area contributed by atoms with Crippen LogP contribution in [0.15, 0.2) is 23.2 Å². The second-order valence-electron chi connectivity index (χ2n) is 1.25. The molecule has 0 aliphatic carbocycles. The first kappa shape index (κ1) is 7.94. The molecule has 0 unspecified atom stereocenters. The number of ether oxygens (including phenoxy) is 1. The standard InChI is InChI=1S/C5H11N3O/c1-3-9-5-4-7-8-6-2/h3H,1,4-5H2,2H3,(H,6,7). The van der Waals surface area contributed by atoms with Crippen LogP contribution in [0.1, 0.15) is 0 Å². The van der Waals surface area contributed by atoms with Crippen molar-refractivity contribution in [2.45, 2.75) is 0 Å². The molecule has 0 aliphatic rings. The number of nitrogens with zero attached hydrogens (tertiary/aromatic N) is 2. The third-order valence-electron chi connectivity index (χ3n) is 0.620. The van der Waals surface area contributed by atoms with Crippen LogP contribution in [0.3, 0.4) is 0 Å². The van der Waals surface area contributed by atoms with Crippen molar-refractivity contribution < 1.29 is 4.74 Å². The fourth-order valence-corrected chi connectivity index (χ4v) is 0.309. The summed E-state index contributed by atoms with van der Waals surface area (Å²) in [7, 11) is 1.60. The molecule has 0 rings (SSSR count). The van der Waals surface area contributed by atoms with E-state index in [1.54, 1.807) is 7.05 Å². The van der Waals surface area contributed by atoms with Crippen molar-refractivity contribution in [3.63, 3.8) is 0 Å². The van der Waals surface area contributed by atoms with Gasteiger partial charge < -0.3 is 4.74 Å². The number of hydrogen-bond acceptors (Lipinski definition) is 3. The summed E-state index contributed by atoms with van der Waals surface area (Å²) in [5, 5.41) is 6.97. The second kappa shape index (κ2) is 6.94. The lowest BCUT2D eigenvalue weighted by Gasteiger charge is -1.96. The molecule has 0 saturated heterocycles. The molecular formula is C5H11N3O. The summed E-state index contributed by atoms with van der Waals surface area (Å²) >= 11 is 0. The van der Waals surface area contributed by atoms with Crippen LogP contribution < -0.4 is 5.43 Å². The summed E-state index contributed by atoms with van der Waals surface area (Å²) in [6.07, 6.45) is 1.39. The maximum absolute atomic E-state index is 4.78. The lowest BCUT2D eigenvalue weighted by molar-refractivity contribution is 0.250. The zero-order valence-electron chi connectivity index (χ0n) is 5.50. The summed E-state index contributed by atoms with van der Waals surface area (Å²) in [5.41, 5.74) is 2.66. The molecule has 0 saturated carbocycles. The first-order valence-electron chi connectivity index (χ1n) is 2.66. The smallest absolute Gasteiger partial charge is 0.106 e. The van der Waals surface area contributed by atoms with Gasteiger partial charge in [0, 0.05) is 0 Å². The third-order valence-corrected chi connectivity index (χ3v) is 0.620. The van der Waals surface area contributed by atoms with E-state index in [4.69, 9.17) is 4.74 Å². The van der Waals surface area contributed by atoms with Crippen molar-refractivity contribution in [1.82, 2.24) is 5.43 Å². The zero-order chi connectivity index (χ0) is 6.95. The predicted molar refractivity (Wildman–Crippen MR) is 34.9 cm³/mol. The fraction of sp³-hybridized carbons (Fsp3) is 0.600. The summed E-state index contributed by atoms with van der Waals surface area (Å²) in [6.45, 7) is 4.60. The molecule has 0 aliphatic heterocycles. The minimum atomic E-state index is 0.572. The van der Waals surface area contributed by atoms with Crippen LogP contribution >= 0.6 is 0 Å². The van der Waals surface area contributed by atoms with Crippen molar-refractivity contribution >= 4 is 0 Å². The summed E-state index contributed by atoms with van der Waals surface area (Å²) < 4.78 is 4.78. The highest BCUT2D eigenvalue weighted by Crippen LogP contribution is 1.70. The van der Waals surface area contributed by atoms with Crippen LogP contribution in [-0.4, -0.2) is 20.2 Å². The van der Waals surface area contributed by atoms with Crippen molar-refractivity contribution in [3.05, 3.63) is 12.8 Å². The molecule has 0 aromatic rings. The SMILES string of the molecule is C=COCCNN=NC. The molecule has 0 bridgehead atoms. The van der Waals surface area contributed by atoms with Gasteiger partial charge in [0.15, 0.2) is 0 Å². The predicted octanol–water partition coefficient (Wildman–Crippen LogP) is 0.733. The minimum Gasteiger partial charge on any atom is -0.500 e. The molecule has 0 radical (unpaired) electrons. The van der Waals surface area contributed by atoms with E-state index in [1.807, 2.05) is 0 Å². The van der Waals surface area contributed by atoms with E-state index in [-0.39, 0.29) is 0 Å². The quantitative estimate of drug-likeness (QED) is 0.257. The highest BCUT2D eigenvalue weighted by Gasteiger charge is 1.77. The van der Waals surface area contributed by atoms with E-state index < -0.39 is 0 Å². The fourth-order valence-electron chi connectivity index (χ4n) is 0.309. The van der Waals surface area contributed by atoms with E-state index >= 15 is 0 Å². The maximum Gasteiger partial charge on any atom is 0.106 e. The molecule has 0 atom stereocenters. The van der Waals surface area contributed by atoms with Gasteiger partial charge in [0.05, 0.1) is 19.9 Å². The van der Waals surface area contributed by atoms with Crippen molar-refractivity contribution in [1.29, 1.82) is 0 Å².